The predicted molar refractivity (Wildman–Crippen MR) is 91.4 cm³/mol. The number of morpholine rings is 1. The van der Waals surface area contributed by atoms with Crippen molar-refractivity contribution in [3.8, 4) is 0 Å². The maximum atomic E-state index is 12.9. The van der Waals surface area contributed by atoms with Crippen LogP contribution in [0, 0.1) is 6.92 Å². The maximum Gasteiger partial charge on any atom is 0.289 e. The van der Waals surface area contributed by atoms with Crippen molar-refractivity contribution >= 4 is 16.1 Å². The summed E-state index contributed by atoms with van der Waals surface area (Å²) in [5.41, 5.74) is 0.788. The molecule has 2 aliphatic rings. The quantitative estimate of drug-likeness (QED) is 0.781. The van der Waals surface area contributed by atoms with E-state index in [1.165, 1.54) is 14.9 Å². The van der Waals surface area contributed by atoms with Gasteiger partial charge in [0, 0.05) is 44.8 Å². The Morgan fingerprint density at radius 3 is 2.20 bits per heavy atom. The fourth-order valence-corrected chi connectivity index (χ4v) is 5.09. The standard InChI is InChI=1S/C16H25N3O5S/c1-12-4-9-23-15(12)16(20)17-5-7-18(8-6-17)25(21,22)19-10-13(2)24-14(3)11-19/h4,9,13-14H,5-8,10-11H2,1-3H3/t13-,14-/m0/s1. The second kappa shape index (κ2) is 7.06. The molecule has 2 fully saturated rings. The number of rotatable bonds is 3. The summed E-state index contributed by atoms with van der Waals surface area (Å²) in [6.07, 6.45) is 1.25. The molecule has 3 rings (SSSR count). The summed E-state index contributed by atoms with van der Waals surface area (Å²) in [6.45, 7) is 7.57. The minimum atomic E-state index is -3.54. The first-order chi connectivity index (χ1) is 11.8. The van der Waals surface area contributed by atoms with Crippen molar-refractivity contribution in [3.05, 3.63) is 23.7 Å². The number of carbonyl (C=O) groups excluding carboxylic acids is 1. The Morgan fingerprint density at radius 1 is 1.08 bits per heavy atom. The molecular formula is C16H25N3O5S. The van der Waals surface area contributed by atoms with Crippen LogP contribution >= 0.6 is 0 Å². The third kappa shape index (κ3) is 3.74. The zero-order chi connectivity index (χ0) is 18.2. The summed E-state index contributed by atoms with van der Waals surface area (Å²) >= 11 is 0. The van der Waals surface area contributed by atoms with Gasteiger partial charge < -0.3 is 14.1 Å². The molecule has 1 amide bonds. The summed E-state index contributed by atoms with van der Waals surface area (Å²) in [5, 5.41) is 0. The summed E-state index contributed by atoms with van der Waals surface area (Å²) in [5.74, 6) is 0.139. The molecular weight excluding hydrogens is 346 g/mol. The van der Waals surface area contributed by atoms with E-state index >= 15 is 0 Å². The highest BCUT2D eigenvalue weighted by atomic mass is 32.2. The van der Waals surface area contributed by atoms with Crippen LogP contribution in [0.4, 0.5) is 0 Å². The van der Waals surface area contributed by atoms with Gasteiger partial charge in [-0.3, -0.25) is 4.79 Å². The van der Waals surface area contributed by atoms with Gasteiger partial charge in [0.25, 0.3) is 16.1 Å². The average Bonchev–Trinajstić information content (AvgIpc) is 2.99. The van der Waals surface area contributed by atoms with Crippen molar-refractivity contribution < 1.29 is 22.4 Å². The van der Waals surface area contributed by atoms with Gasteiger partial charge in [-0.2, -0.15) is 17.0 Å². The van der Waals surface area contributed by atoms with Crippen molar-refractivity contribution in [2.75, 3.05) is 39.3 Å². The van der Waals surface area contributed by atoms with Gasteiger partial charge in [0.1, 0.15) is 0 Å². The molecule has 25 heavy (non-hydrogen) atoms. The first kappa shape index (κ1) is 18.4. The number of carbonyl (C=O) groups is 1. The third-order valence-electron chi connectivity index (χ3n) is 4.62. The lowest BCUT2D eigenvalue weighted by Crippen LogP contribution is -2.57. The van der Waals surface area contributed by atoms with E-state index < -0.39 is 10.2 Å². The van der Waals surface area contributed by atoms with Crippen LogP contribution in [0.3, 0.4) is 0 Å². The highest BCUT2D eigenvalue weighted by Crippen LogP contribution is 2.20. The van der Waals surface area contributed by atoms with Crippen molar-refractivity contribution in [2.24, 2.45) is 0 Å². The lowest BCUT2D eigenvalue weighted by molar-refractivity contribution is -0.0457. The summed E-state index contributed by atoms with van der Waals surface area (Å²) in [6, 6.07) is 1.74. The van der Waals surface area contributed by atoms with Gasteiger partial charge in [0.2, 0.25) is 0 Å². The fraction of sp³-hybridized carbons (Fsp3) is 0.688. The summed E-state index contributed by atoms with van der Waals surface area (Å²) in [7, 11) is -3.54. The van der Waals surface area contributed by atoms with Crippen LogP contribution in [0.1, 0.15) is 30.0 Å². The molecule has 3 heterocycles. The molecule has 9 heteroatoms. The van der Waals surface area contributed by atoms with E-state index in [0.717, 1.165) is 5.56 Å². The Balaban J connectivity index is 1.63. The van der Waals surface area contributed by atoms with Gasteiger partial charge in [0.05, 0.1) is 18.5 Å². The normalized spacial score (nSPS) is 26.8. The van der Waals surface area contributed by atoms with Gasteiger partial charge in [-0.05, 0) is 26.8 Å². The van der Waals surface area contributed by atoms with Crippen molar-refractivity contribution in [1.82, 2.24) is 13.5 Å². The lowest BCUT2D eigenvalue weighted by Gasteiger charge is -2.40. The van der Waals surface area contributed by atoms with Crippen LogP contribution in [0.15, 0.2) is 16.7 Å². The molecule has 0 spiro atoms. The topological polar surface area (TPSA) is 83.3 Å². The highest BCUT2D eigenvalue weighted by Gasteiger charge is 2.37. The van der Waals surface area contributed by atoms with Gasteiger partial charge in [-0.25, -0.2) is 0 Å². The fourth-order valence-electron chi connectivity index (χ4n) is 3.34. The molecule has 8 nitrogen and oxygen atoms in total. The molecule has 2 aliphatic heterocycles. The summed E-state index contributed by atoms with van der Waals surface area (Å²) in [4.78, 5) is 14.1. The molecule has 1 aromatic heterocycles. The first-order valence-electron chi connectivity index (χ1n) is 8.53. The van der Waals surface area contributed by atoms with Crippen LogP contribution in [0.5, 0.6) is 0 Å². The molecule has 1 aromatic rings. The van der Waals surface area contributed by atoms with Crippen LogP contribution in [0.25, 0.3) is 0 Å². The minimum absolute atomic E-state index is 0.122. The number of ether oxygens (including phenoxy) is 1. The molecule has 2 atom stereocenters. The molecule has 0 saturated carbocycles. The highest BCUT2D eigenvalue weighted by molar-refractivity contribution is 7.86. The Labute approximate surface area is 148 Å². The van der Waals surface area contributed by atoms with Crippen molar-refractivity contribution in [3.63, 3.8) is 0 Å². The minimum Gasteiger partial charge on any atom is -0.459 e. The Hall–Kier alpha value is -1.42. The van der Waals surface area contributed by atoms with Gasteiger partial charge in [-0.15, -0.1) is 0 Å². The van der Waals surface area contributed by atoms with Crippen LogP contribution in [-0.2, 0) is 14.9 Å². The SMILES string of the molecule is Cc1ccoc1C(=O)N1CCN(S(=O)(=O)N2C[C@H](C)O[C@@H](C)C2)CC1. The van der Waals surface area contributed by atoms with Crippen molar-refractivity contribution in [2.45, 2.75) is 33.0 Å². The van der Waals surface area contributed by atoms with Gasteiger partial charge >= 0.3 is 0 Å². The van der Waals surface area contributed by atoms with E-state index in [0.29, 0.717) is 31.9 Å². The number of furan rings is 1. The zero-order valence-electron chi connectivity index (χ0n) is 14.8. The van der Waals surface area contributed by atoms with E-state index in [9.17, 15) is 13.2 Å². The first-order valence-corrected chi connectivity index (χ1v) is 9.92. The number of amides is 1. The number of nitrogens with zero attached hydrogens (tertiary/aromatic N) is 3. The number of hydrogen-bond donors (Lipinski definition) is 0. The molecule has 0 aliphatic carbocycles. The predicted octanol–water partition coefficient (Wildman–Crippen LogP) is 0.700. The summed E-state index contributed by atoms with van der Waals surface area (Å²) < 4.78 is 39.5. The monoisotopic (exact) mass is 371 g/mol. The Morgan fingerprint density at radius 2 is 1.68 bits per heavy atom. The smallest absolute Gasteiger partial charge is 0.289 e. The second-order valence-electron chi connectivity index (χ2n) is 6.71. The van der Waals surface area contributed by atoms with Gasteiger partial charge in [-0.1, -0.05) is 0 Å². The molecule has 0 aromatic carbocycles. The third-order valence-corrected chi connectivity index (χ3v) is 6.59. The van der Waals surface area contributed by atoms with E-state index in [2.05, 4.69) is 0 Å². The number of piperazine rings is 1. The zero-order valence-corrected chi connectivity index (χ0v) is 15.7. The van der Waals surface area contributed by atoms with E-state index in [1.54, 1.807) is 11.0 Å². The Bertz CT molecular complexity index is 714. The second-order valence-corrected chi connectivity index (χ2v) is 8.63. The molecule has 140 valence electrons. The van der Waals surface area contributed by atoms with Crippen molar-refractivity contribution in [1.29, 1.82) is 0 Å². The van der Waals surface area contributed by atoms with E-state index in [1.807, 2.05) is 20.8 Å². The number of hydrogen-bond acceptors (Lipinski definition) is 5. The molecule has 0 N–H and O–H groups in total. The molecule has 0 radical (unpaired) electrons. The van der Waals surface area contributed by atoms with Crippen LogP contribution in [-0.4, -0.2) is 79.3 Å². The average molecular weight is 371 g/mol. The van der Waals surface area contributed by atoms with E-state index in [-0.39, 0.29) is 31.2 Å². The lowest BCUT2D eigenvalue weighted by atomic mass is 10.2. The van der Waals surface area contributed by atoms with E-state index in [4.69, 9.17) is 9.15 Å². The van der Waals surface area contributed by atoms with Crippen LogP contribution in [0.2, 0.25) is 0 Å². The van der Waals surface area contributed by atoms with Gasteiger partial charge in [0.15, 0.2) is 5.76 Å². The molecule has 2 saturated heterocycles. The molecule has 0 unspecified atom stereocenters. The number of aryl methyl sites for hydroxylation is 1. The Kier molecular flexibility index (Phi) is 5.19. The van der Waals surface area contributed by atoms with Crippen LogP contribution < -0.4 is 0 Å². The molecule has 0 bridgehead atoms. The largest absolute Gasteiger partial charge is 0.459 e. The maximum absolute atomic E-state index is 12.9.